The van der Waals surface area contributed by atoms with E-state index in [1.807, 2.05) is 37.3 Å². The summed E-state index contributed by atoms with van der Waals surface area (Å²) in [5.41, 5.74) is 6.18. The highest BCUT2D eigenvalue weighted by atomic mass is 19.1. The quantitative estimate of drug-likeness (QED) is 0.338. The number of aromatic nitrogens is 1. The van der Waals surface area contributed by atoms with Crippen molar-refractivity contribution in [2.75, 3.05) is 0 Å². The van der Waals surface area contributed by atoms with Crippen molar-refractivity contribution in [1.82, 2.24) is 9.88 Å². The largest absolute Gasteiger partial charge is 0.322 e. The molecule has 34 heavy (non-hydrogen) atoms. The lowest BCUT2D eigenvalue weighted by atomic mass is 9.86. The lowest BCUT2D eigenvalue weighted by Gasteiger charge is -2.30. The van der Waals surface area contributed by atoms with Crippen LogP contribution < -0.4 is 5.56 Å². The van der Waals surface area contributed by atoms with E-state index in [-0.39, 0.29) is 22.8 Å². The molecule has 4 rings (SSSR count). The highest BCUT2D eigenvalue weighted by Gasteiger charge is 2.20. The van der Waals surface area contributed by atoms with Gasteiger partial charge in [0.1, 0.15) is 5.82 Å². The first-order chi connectivity index (χ1) is 16.1. The number of benzene rings is 3. The van der Waals surface area contributed by atoms with Gasteiger partial charge in [0.15, 0.2) is 0 Å². The zero-order valence-electron chi connectivity index (χ0n) is 20.7. The SMILES string of the molecule is Cc1ccc2cc(CN(Cc3ccc(C(C)(C)C)cc3)C(C)c3ccc(F)cc3)c(=O)[nH]c2c1. The summed E-state index contributed by atoms with van der Waals surface area (Å²) in [6.45, 7) is 11.9. The molecule has 3 aromatic carbocycles. The molecule has 176 valence electrons. The van der Waals surface area contributed by atoms with E-state index >= 15 is 0 Å². The Balaban J connectivity index is 1.68. The topological polar surface area (TPSA) is 36.1 Å². The summed E-state index contributed by atoms with van der Waals surface area (Å²) in [5, 5.41) is 1.02. The van der Waals surface area contributed by atoms with Gasteiger partial charge in [-0.25, -0.2) is 4.39 Å². The first kappa shape index (κ1) is 23.9. The molecule has 0 aliphatic rings. The summed E-state index contributed by atoms with van der Waals surface area (Å²) < 4.78 is 13.5. The van der Waals surface area contributed by atoms with E-state index in [0.29, 0.717) is 13.1 Å². The van der Waals surface area contributed by atoms with Crippen LogP contribution in [-0.2, 0) is 18.5 Å². The first-order valence-corrected chi connectivity index (χ1v) is 11.8. The Morgan fingerprint density at radius 1 is 0.912 bits per heavy atom. The van der Waals surface area contributed by atoms with Crippen molar-refractivity contribution in [3.8, 4) is 0 Å². The summed E-state index contributed by atoms with van der Waals surface area (Å²) in [6.07, 6.45) is 0. The summed E-state index contributed by atoms with van der Waals surface area (Å²) in [7, 11) is 0. The van der Waals surface area contributed by atoms with Gasteiger partial charge in [-0.2, -0.15) is 0 Å². The van der Waals surface area contributed by atoms with Gasteiger partial charge < -0.3 is 4.98 Å². The number of fused-ring (bicyclic) bond motifs is 1. The minimum atomic E-state index is -0.249. The number of H-pyrrole nitrogens is 1. The molecule has 0 aliphatic heterocycles. The second-order valence-corrected chi connectivity index (χ2v) is 10.3. The number of halogens is 1. The molecule has 0 saturated heterocycles. The zero-order valence-corrected chi connectivity index (χ0v) is 20.7. The van der Waals surface area contributed by atoms with Gasteiger partial charge in [-0.05, 0) is 71.2 Å². The van der Waals surface area contributed by atoms with Gasteiger partial charge >= 0.3 is 0 Å². The van der Waals surface area contributed by atoms with E-state index < -0.39 is 0 Å². The van der Waals surface area contributed by atoms with Gasteiger partial charge in [-0.3, -0.25) is 9.69 Å². The van der Waals surface area contributed by atoms with Gasteiger partial charge in [0.2, 0.25) is 0 Å². The molecular formula is C30H33FN2O. The Hall–Kier alpha value is -3.24. The molecule has 4 aromatic rings. The Kier molecular flexibility index (Phi) is 6.72. The van der Waals surface area contributed by atoms with Crippen LogP contribution in [0.4, 0.5) is 4.39 Å². The molecule has 4 heteroatoms. The third-order valence-electron chi connectivity index (χ3n) is 6.56. The molecule has 1 aromatic heterocycles. The van der Waals surface area contributed by atoms with E-state index in [2.05, 4.69) is 67.9 Å². The van der Waals surface area contributed by atoms with Crippen molar-refractivity contribution in [1.29, 1.82) is 0 Å². The summed E-state index contributed by atoms with van der Waals surface area (Å²) in [4.78, 5) is 18.3. The standard InChI is InChI=1S/C30H33FN2O/c1-20-6-9-24-17-25(29(34)32-28(24)16-20)19-33(21(2)23-10-14-27(31)15-11-23)18-22-7-12-26(13-8-22)30(3,4)5/h6-17,21H,18-19H2,1-5H3,(H,32,34). The molecule has 1 N–H and O–H groups in total. The third kappa shape index (κ3) is 5.45. The predicted octanol–water partition coefficient (Wildman–Crippen LogP) is 7.04. The highest BCUT2D eigenvalue weighted by molar-refractivity contribution is 5.79. The number of rotatable bonds is 6. The van der Waals surface area contributed by atoms with Gasteiger partial charge in [-0.1, -0.05) is 69.3 Å². The van der Waals surface area contributed by atoms with Crippen molar-refractivity contribution in [3.63, 3.8) is 0 Å². The van der Waals surface area contributed by atoms with Crippen LogP contribution in [-0.4, -0.2) is 9.88 Å². The number of hydrogen-bond acceptors (Lipinski definition) is 2. The van der Waals surface area contributed by atoms with Crippen LogP contribution in [0.3, 0.4) is 0 Å². The maximum Gasteiger partial charge on any atom is 0.252 e. The van der Waals surface area contributed by atoms with Crippen LogP contribution in [0.15, 0.2) is 77.6 Å². The number of aromatic amines is 1. The third-order valence-corrected chi connectivity index (χ3v) is 6.56. The molecule has 1 heterocycles. The Bertz CT molecular complexity index is 1330. The molecule has 0 saturated carbocycles. The van der Waals surface area contributed by atoms with Crippen molar-refractivity contribution in [3.05, 3.63) is 117 Å². The average molecular weight is 457 g/mol. The summed E-state index contributed by atoms with van der Waals surface area (Å²) in [6, 6.07) is 23.4. The van der Waals surface area contributed by atoms with Gasteiger partial charge in [-0.15, -0.1) is 0 Å². The van der Waals surface area contributed by atoms with Gasteiger partial charge in [0, 0.05) is 30.2 Å². The van der Waals surface area contributed by atoms with Crippen LogP contribution in [0.2, 0.25) is 0 Å². The number of nitrogens with one attached hydrogen (secondary N) is 1. The van der Waals surface area contributed by atoms with E-state index in [1.54, 1.807) is 0 Å². The second kappa shape index (κ2) is 9.55. The zero-order chi connectivity index (χ0) is 24.5. The van der Waals surface area contributed by atoms with Crippen LogP contribution in [0.1, 0.15) is 61.6 Å². The molecule has 0 spiro atoms. The van der Waals surface area contributed by atoms with Crippen molar-refractivity contribution in [2.45, 2.75) is 59.2 Å². The maximum atomic E-state index is 13.5. The number of aryl methyl sites for hydroxylation is 1. The monoisotopic (exact) mass is 456 g/mol. The van der Waals surface area contributed by atoms with E-state index in [4.69, 9.17) is 0 Å². The Labute approximate surface area is 201 Å². The van der Waals surface area contributed by atoms with Crippen molar-refractivity contribution < 1.29 is 4.39 Å². The van der Waals surface area contributed by atoms with Crippen LogP contribution >= 0.6 is 0 Å². The smallest absolute Gasteiger partial charge is 0.252 e. The fourth-order valence-corrected chi connectivity index (χ4v) is 4.32. The molecule has 1 atom stereocenters. The van der Waals surface area contributed by atoms with Crippen molar-refractivity contribution in [2.24, 2.45) is 0 Å². The van der Waals surface area contributed by atoms with Gasteiger partial charge in [0.25, 0.3) is 5.56 Å². The Morgan fingerprint density at radius 2 is 1.59 bits per heavy atom. The Morgan fingerprint density at radius 3 is 2.24 bits per heavy atom. The number of hydrogen-bond donors (Lipinski definition) is 1. The average Bonchev–Trinajstić information content (AvgIpc) is 2.79. The summed E-state index contributed by atoms with van der Waals surface area (Å²) >= 11 is 0. The molecule has 0 aliphatic carbocycles. The van der Waals surface area contributed by atoms with E-state index in [9.17, 15) is 9.18 Å². The lowest BCUT2D eigenvalue weighted by Crippen LogP contribution is -2.29. The molecule has 0 amide bonds. The number of pyridine rings is 1. The fourth-order valence-electron chi connectivity index (χ4n) is 4.32. The highest BCUT2D eigenvalue weighted by Crippen LogP contribution is 2.27. The molecule has 3 nitrogen and oxygen atoms in total. The van der Waals surface area contributed by atoms with Crippen LogP contribution in [0, 0.1) is 12.7 Å². The maximum absolute atomic E-state index is 13.5. The normalized spacial score (nSPS) is 12.9. The van der Waals surface area contributed by atoms with E-state index in [0.717, 1.165) is 27.6 Å². The lowest BCUT2D eigenvalue weighted by molar-refractivity contribution is 0.191. The fraction of sp³-hybridized carbons (Fsp3) is 0.300. The minimum Gasteiger partial charge on any atom is -0.322 e. The molecule has 0 fully saturated rings. The molecule has 0 radical (unpaired) electrons. The molecule has 0 bridgehead atoms. The number of nitrogens with zero attached hydrogens (tertiary/aromatic N) is 1. The van der Waals surface area contributed by atoms with E-state index in [1.165, 1.54) is 23.3 Å². The molecular weight excluding hydrogens is 423 g/mol. The van der Waals surface area contributed by atoms with Gasteiger partial charge in [0.05, 0.1) is 0 Å². The summed E-state index contributed by atoms with van der Waals surface area (Å²) in [5.74, 6) is -0.249. The first-order valence-electron chi connectivity index (χ1n) is 11.8. The van der Waals surface area contributed by atoms with Crippen LogP contribution in [0.25, 0.3) is 10.9 Å². The van der Waals surface area contributed by atoms with Crippen molar-refractivity contribution >= 4 is 10.9 Å². The molecule has 1 unspecified atom stereocenters. The minimum absolute atomic E-state index is 0.00370. The van der Waals surface area contributed by atoms with Crippen LogP contribution in [0.5, 0.6) is 0 Å². The second-order valence-electron chi connectivity index (χ2n) is 10.3. The predicted molar refractivity (Wildman–Crippen MR) is 139 cm³/mol.